The van der Waals surface area contributed by atoms with Crippen LogP contribution in [-0.4, -0.2) is 39.4 Å². The first-order valence-electron chi connectivity index (χ1n) is 9.51. The summed E-state index contributed by atoms with van der Waals surface area (Å²) in [6.45, 7) is 4.28. The normalized spacial score (nSPS) is 15.2. The van der Waals surface area contributed by atoms with E-state index in [1.165, 1.54) is 6.33 Å². The Kier molecular flexibility index (Phi) is 5.34. The molecule has 154 valence electrons. The number of nitrogens with zero attached hydrogens (tertiary/aromatic N) is 4. The minimum atomic E-state index is -0.495. The maximum Gasteiger partial charge on any atom is 0.255 e. The number of anilines is 2. The molecule has 0 fully saturated rings. The average molecular weight is 406 g/mol. The predicted octanol–water partition coefficient (Wildman–Crippen LogP) is 3.01. The van der Waals surface area contributed by atoms with Gasteiger partial charge in [-0.15, -0.1) is 0 Å². The Labute approximate surface area is 173 Å². The number of hydrogen-bond donors (Lipinski definition) is 2. The summed E-state index contributed by atoms with van der Waals surface area (Å²) in [5, 5.41) is 10.4. The zero-order valence-corrected chi connectivity index (χ0v) is 16.9. The third-order valence-electron chi connectivity index (χ3n) is 4.76. The molecule has 4 rings (SSSR count). The molecule has 0 saturated carbocycles. The summed E-state index contributed by atoms with van der Waals surface area (Å²) >= 11 is 0. The molecule has 30 heavy (non-hydrogen) atoms. The van der Waals surface area contributed by atoms with E-state index in [0.29, 0.717) is 41.0 Å². The Morgan fingerprint density at radius 3 is 2.90 bits per heavy atom. The highest BCUT2D eigenvalue weighted by Crippen LogP contribution is 2.38. The summed E-state index contributed by atoms with van der Waals surface area (Å²) in [4.78, 5) is 21.6. The van der Waals surface area contributed by atoms with Crippen LogP contribution in [0.15, 0.2) is 60.3 Å². The molecule has 2 aromatic heterocycles. The van der Waals surface area contributed by atoms with Crippen molar-refractivity contribution in [1.82, 2.24) is 19.7 Å². The summed E-state index contributed by atoms with van der Waals surface area (Å²) in [6, 6.07) is 8.65. The molecule has 1 aromatic carbocycles. The molecule has 3 heterocycles. The number of nitrogens with one attached hydrogen (secondary N) is 2. The van der Waals surface area contributed by atoms with E-state index in [1.807, 2.05) is 32.0 Å². The van der Waals surface area contributed by atoms with E-state index in [2.05, 4.69) is 25.7 Å². The molecule has 9 heteroatoms. The predicted molar refractivity (Wildman–Crippen MR) is 112 cm³/mol. The van der Waals surface area contributed by atoms with Crippen LogP contribution in [0, 0.1) is 0 Å². The van der Waals surface area contributed by atoms with Gasteiger partial charge in [0.25, 0.3) is 5.91 Å². The number of methoxy groups -OCH3 is 1. The van der Waals surface area contributed by atoms with Crippen LogP contribution in [0.1, 0.15) is 25.5 Å². The van der Waals surface area contributed by atoms with Crippen LogP contribution >= 0.6 is 0 Å². The average Bonchev–Trinajstić information content (AvgIpc) is 3.22. The van der Waals surface area contributed by atoms with Crippen molar-refractivity contribution >= 4 is 17.5 Å². The third-order valence-corrected chi connectivity index (χ3v) is 4.76. The number of aromatic nitrogens is 4. The maximum atomic E-state index is 13.3. The Balaban J connectivity index is 1.78. The van der Waals surface area contributed by atoms with Gasteiger partial charge in [-0.3, -0.25) is 9.78 Å². The molecular weight excluding hydrogens is 384 g/mol. The Morgan fingerprint density at radius 2 is 2.17 bits per heavy atom. The van der Waals surface area contributed by atoms with Crippen LogP contribution in [-0.2, 0) is 4.79 Å². The number of benzene rings is 1. The molecule has 3 aromatic rings. The second kappa shape index (κ2) is 8.24. The van der Waals surface area contributed by atoms with Crippen molar-refractivity contribution in [2.24, 2.45) is 0 Å². The van der Waals surface area contributed by atoms with Gasteiger partial charge in [-0.25, -0.2) is 4.68 Å². The standard InChI is InChI=1S/C21H22N6O3/c1-4-30-16-8-7-14(10-17(16)29-3)19-18(13(2)25-21-23-12-24-27(19)21)20(28)26-15-6-5-9-22-11-15/h5-12,19H,4H2,1-3H3,(H,26,28)(H,23,24,25). The quantitative estimate of drug-likeness (QED) is 0.649. The number of carbonyl (C=O) groups is 1. The summed E-state index contributed by atoms with van der Waals surface area (Å²) in [5.41, 5.74) is 2.63. The lowest BCUT2D eigenvalue weighted by molar-refractivity contribution is -0.113. The van der Waals surface area contributed by atoms with E-state index in [1.54, 1.807) is 36.3 Å². The summed E-state index contributed by atoms with van der Waals surface area (Å²) in [6.07, 6.45) is 4.70. The first kappa shape index (κ1) is 19.4. The number of allylic oxidation sites excluding steroid dienone is 1. The van der Waals surface area contributed by atoms with Crippen LogP contribution in [0.2, 0.25) is 0 Å². The molecule has 2 N–H and O–H groups in total. The van der Waals surface area contributed by atoms with E-state index in [0.717, 1.165) is 5.56 Å². The molecule has 0 spiro atoms. The molecule has 0 saturated heterocycles. The van der Waals surface area contributed by atoms with Crippen LogP contribution in [0.5, 0.6) is 11.5 Å². The molecule has 0 bridgehead atoms. The van der Waals surface area contributed by atoms with Gasteiger partial charge in [-0.2, -0.15) is 10.1 Å². The van der Waals surface area contributed by atoms with E-state index >= 15 is 0 Å². The van der Waals surface area contributed by atoms with Crippen molar-refractivity contribution in [1.29, 1.82) is 0 Å². The highest BCUT2D eigenvalue weighted by molar-refractivity contribution is 6.05. The number of carbonyl (C=O) groups excluding carboxylic acids is 1. The van der Waals surface area contributed by atoms with Crippen LogP contribution in [0.4, 0.5) is 11.6 Å². The third kappa shape index (κ3) is 3.57. The smallest absolute Gasteiger partial charge is 0.255 e. The number of fused-ring (bicyclic) bond motifs is 1. The number of ether oxygens (including phenoxy) is 2. The van der Waals surface area contributed by atoms with Crippen LogP contribution < -0.4 is 20.1 Å². The molecule has 1 unspecified atom stereocenters. The van der Waals surface area contributed by atoms with E-state index in [-0.39, 0.29) is 5.91 Å². The van der Waals surface area contributed by atoms with E-state index < -0.39 is 6.04 Å². The monoisotopic (exact) mass is 406 g/mol. The van der Waals surface area contributed by atoms with Gasteiger partial charge in [-0.1, -0.05) is 6.07 Å². The second-order valence-electron chi connectivity index (χ2n) is 6.63. The van der Waals surface area contributed by atoms with Crippen molar-refractivity contribution in [2.45, 2.75) is 19.9 Å². The van der Waals surface area contributed by atoms with Gasteiger partial charge in [0.15, 0.2) is 11.5 Å². The molecular formula is C21H22N6O3. The summed E-state index contributed by atoms with van der Waals surface area (Å²) in [5.74, 6) is 1.52. The second-order valence-corrected chi connectivity index (χ2v) is 6.63. The van der Waals surface area contributed by atoms with Crippen LogP contribution in [0.3, 0.4) is 0 Å². The molecule has 1 amide bonds. The van der Waals surface area contributed by atoms with Crippen molar-refractivity contribution in [3.63, 3.8) is 0 Å². The fraction of sp³-hybridized carbons (Fsp3) is 0.238. The highest BCUT2D eigenvalue weighted by atomic mass is 16.5. The van der Waals surface area contributed by atoms with Crippen LogP contribution in [0.25, 0.3) is 0 Å². The van der Waals surface area contributed by atoms with Crippen molar-refractivity contribution < 1.29 is 14.3 Å². The number of rotatable bonds is 6. The molecule has 1 atom stereocenters. The van der Waals surface area contributed by atoms with Crippen molar-refractivity contribution in [3.8, 4) is 11.5 Å². The number of pyridine rings is 1. The lowest BCUT2D eigenvalue weighted by Gasteiger charge is -2.29. The Hall–Kier alpha value is -3.88. The van der Waals surface area contributed by atoms with Gasteiger partial charge in [0.2, 0.25) is 5.95 Å². The summed E-state index contributed by atoms with van der Waals surface area (Å²) < 4.78 is 12.8. The molecule has 0 radical (unpaired) electrons. The van der Waals surface area contributed by atoms with Crippen molar-refractivity contribution in [3.05, 3.63) is 65.9 Å². The number of amides is 1. The fourth-order valence-electron chi connectivity index (χ4n) is 3.46. The minimum absolute atomic E-state index is 0.257. The zero-order chi connectivity index (χ0) is 21.1. The largest absolute Gasteiger partial charge is 0.493 e. The van der Waals surface area contributed by atoms with Gasteiger partial charge >= 0.3 is 0 Å². The SMILES string of the molecule is CCOc1ccc(C2C(C(=O)Nc3cccnc3)=C(C)Nc3ncnn32)cc1OC. The lowest BCUT2D eigenvalue weighted by Crippen LogP contribution is -2.31. The summed E-state index contributed by atoms with van der Waals surface area (Å²) in [7, 11) is 1.59. The maximum absolute atomic E-state index is 13.3. The van der Waals surface area contributed by atoms with Gasteiger partial charge in [0.05, 0.1) is 31.2 Å². The zero-order valence-electron chi connectivity index (χ0n) is 16.9. The van der Waals surface area contributed by atoms with Gasteiger partial charge in [0, 0.05) is 11.9 Å². The molecule has 1 aliphatic rings. The lowest BCUT2D eigenvalue weighted by atomic mass is 9.94. The van der Waals surface area contributed by atoms with Gasteiger partial charge in [0.1, 0.15) is 12.4 Å². The minimum Gasteiger partial charge on any atom is -0.493 e. The van der Waals surface area contributed by atoms with E-state index in [4.69, 9.17) is 9.47 Å². The number of hydrogen-bond acceptors (Lipinski definition) is 7. The molecule has 0 aliphatic carbocycles. The first-order chi connectivity index (χ1) is 14.6. The fourth-order valence-corrected chi connectivity index (χ4v) is 3.46. The Morgan fingerprint density at radius 1 is 1.30 bits per heavy atom. The molecule has 9 nitrogen and oxygen atoms in total. The molecule has 1 aliphatic heterocycles. The van der Waals surface area contributed by atoms with E-state index in [9.17, 15) is 4.79 Å². The van der Waals surface area contributed by atoms with Gasteiger partial charge in [-0.05, 0) is 43.7 Å². The van der Waals surface area contributed by atoms with Gasteiger partial charge < -0.3 is 20.1 Å². The first-order valence-corrected chi connectivity index (χ1v) is 9.51. The highest BCUT2D eigenvalue weighted by Gasteiger charge is 2.34. The topological polar surface area (TPSA) is 103 Å². The Bertz CT molecular complexity index is 1090. The van der Waals surface area contributed by atoms with Crippen molar-refractivity contribution in [2.75, 3.05) is 24.4 Å².